The van der Waals surface area contributed by atoms with Crippen molar-refractivity contribution < 1.29 is 4.42 Å². The van der Waals surface area contributed by atoms with Crippen LogP contribution in [0.25, 0.3) is 22.6 Å². The number of rotatable bonds is 3. The van der Waals surface area contributed by atoms with Gasteiger partial charge in [0, 0.05) is 15.3 Å². The molecule has 0 unspecified atom stereocenters. The van der Waals surface area contributed by atoms with E-state index in [1.807, 2.05) is 36.5 Å². The molecule has 3 nitrogen and oxygen atoms in total. The summed E-state index contributed by atoms with van der Waals surface area (Å²) in [6, 6.07) is 22.5. The zero-order valence-electron chi connectivity index (χ0n) is 16.1. The number of hydrogen-bond donors (Lipinski definition) is 0. The number of halogens is 1. The van der Waals surface area contributed by atoms with E-state index in [-0.39, 0.29) is 5.41 Å². The van der Waals surface area contributed by atoms with E-state index in [0.717, 1.165) is 27.9 Å². The summed E-state index contributed by atoms with van der Waals surface area (Å²) in [6.07, 6.45) is 1.87. The van der Waals surface area contributed by atoms with E-state index in [9.17, 15) is 0 Å². The summed E-state index contributed by atoms with van der Waals surface area (Å²) < 4.78 is 7.14. The fourth-order valence-electron chi connectivity index (χ4n) is 2.97. The molecule has 0 aliphatic rings. The van der Waals surface area contributed by atoms with Gasteiger partial charge in [-0.25, -0.2) is 4.98 Å². The van der Waals surface area contributed by atoms with Crippen molar-refractivity contribution in [1.82, 2.24) is 4.98 Å². The molecule has 0 aliphatic heterocycles. The topological polar surface area (TPSA) is 38.4 Å². The molecule has 28 heavy (non-hydrogen) atoms. The molecule has 4 aromatic rings. The normalized spacial score (nSPS) is 12.1. The second kappa shape index (κ2) is 7.51. The van der Waals surface area contributed by atoms with Crippen LogP contribution in [0.5, 0.6) is 0 Å². The first-order valence-electron chi connectivity index (χ1n) is 9.20. The minimum Gasteiger partial charge on any atom is -0.436 e. The lowest BCUT2D eigenvalue weighted by atomic mass is 9.87. The Labute approximate surface area is 178 Å². The van der Waals surface area contributed by atoms with Gasteiger partial charge in [-0.3, -0.25) is 4.99 Å². The standard InChI is InChI=1S/C24H21IN2O/c1-24(2,3)18-9-7-17(8-10-18)23-27-21-14-20(11-12-22(21)28-23)26-15-16-5-4-6-19(25)13-16/h4-15H,1-3H3. The summed E-state index contributed by atoms with van der Waals surface area (Å²) in [5, 5.41) is 0. The number of nitrogens with zero attached hydrogens (tertiary/aromatic N) is 2. The quantitative estimate of drug-likeness (QED) is 0.231. The maximum Gasteiger partial charge on any atom is 0.227 e. The monoisotopic (exact) mass is 480 g/mol. The van der Waals surface area contributed by atoms with Crippen molar-refractivity contribution in [3.63, 3.8) is 0 Å². The van der Waals surface area contributed by atoms with Gasteiger partial charge >= 0.3 is 0 Å². The van der Waals surface area contributed by atoms with Crippen LogP contribution < -0.4 is 0 Å². The first-order valence-corrected chi connectivity index (χ1v) is 10.3. The number of hydrogen-bond acceptors (Lipinski definition) is 3. The molecule has 3 aromatic carbocycles. The molecule has 0 saturated heterocycles. The number of aliphatic imine (C=N–C) groups is 1. The third kappa shape index (κ3) is 4.17. The first-order chi connectivity index (χ1) is 13.4. The Morgan fingerprint density at radius 1 is 0.964 bits per heavy atom. The molecule has 1 aromatic heterocycles. The average Bonchev–Trinajstić information content (AvgIpc) is 3.09. The lowest BCUT2D eigenvalue weighted by molar-refractivity contribution is 0.589. The fraction of sp³-hybridized carbons (Fsp3) is 0.167. The van der Waals surface area contributed by atoms with Gasteiger partial charge in [-0.2, -0.15) is 0 Å². The SMILES string of the molecule is CC(C)(C)c1ccc(-c2nc3cc(N=Cc4cccc(I)c4)ccc3o2)cc1. The summed E-state index contributed by atoms with van der Waals surface area (Å²) in [4.78, 5) is 9.24. The van der Waals surface area contributed by atoms with Crippen molar-refractivity contribution in [1.29, 1.82) is 0 Å². The van der Waals surface area contributed by atoms with Crippen LogP contribution in [0.15, 0.2) is 76.1 Å². The molecule has 0 aliphatic carbocycles. The Balaban J connectivity index is 1.61. The highest BCUT2D eigenvalue weighted by Gasteiger charge is 2.14. The Hall–Kier alpha value is -2.47. The predicted octanol–water partition coefficient (Wildman–Crippen LogP) is 7.15. The van der Waals surface area contributed by atoms with Gasteiger partial charge in [0.1, 0.15) is 5.52 Å². The van der Waals surface area contributed by atoms with Gasteiger partial charge < -0.3 is 4.42 Å². The van der Waals surface area contributed by atoms with Crippen molar-refractivity contribution in [3.8, 4) is 11.5 Å². The number of oxazole rings is 1. The summed E-state index contributed by atoms with van der Waals surface area (Å²) in [6.45, 7) is 6.62. The molecule has 0 N–H and O–H groups in total. The van der Waals surface area contributed by atoms with Gasteiger partial charge in [-0.1, -0.05) is 45.0 Å². The van der Waals surface area contributed by atoms with Crippen LogP contribution in [-0.2, 0) is 5.41 Å². The van der Waals surface area contributed by atoms with Crippen molar-refractivity contribution >= 4 is 45.6 Å². The van der Waals surface area contributed by atoms with E-state index in [1.54, 1.807) is 0 Å². The third-order valence-corrected chi connectivity index (χ3v) is 5.25. The van der Waals surface area contributed by atoms with Gasteiger partial charge in [-0.15, -0.1) is 0 Å². The van der Waals surface area contributed by atoms with Gasteiger partial charge in [0.2, 0.25) is 5.89 Å². The van der Waals surface area contributed by atoms with E-state index in [2.05, 4.69) is 89.7 Å². The summed E-state index contributed by atoms with van der Waals surface area (Å²) in [5.41, 5.74) is 5.91. The molecule has 0 radical (unpaired) electrons. The minimum absolute atomic E-state index is 0.129. The average molecular weight is 480 g/mol. The molecule has 0 atom stereocenters. The van der Waals surface area contributed by atoms with E-state index >= 15 is 0 Å². The van der Waals surface area contributed by atoms with Gasteiger partial charge in [0.05, 0.1) is 5.69 Å². The highest BCUT2D eigenvalue weighted by Crippen LogP contribution is 2.29. The number of aromatic nitrogens is 1. The van der Waals surface area contributed by atoms with Crippen molar-refractivity contribution in [2.75, 3.05) is 0 Å². The lowest BCUT2D eigenvalue weighted by Gasteiger charge is -2.18. The molecule has 0 saturated carbocycles. The summed E-state index contributed by atoms with van der Waals surface area (Å²) in [5.74, 6) is 0.634. The van der Waals surface area contributed by atoms with Gasteiger partial charge in [0.15, 0.2) is 5.58 Å². The Morgan fingerprint density at radius 2 is 1.75 bits per heavy atom. The lowest BCUT2D eigenvalue weighted by Crippen LogP contribution is -2.10. The first kappa shape index (κ1) is 18.9. The zero-order chi connectivity index (χ0) is 19.7. The maximum atomic E-state index is 5.95. The van der Waals surface area contributed by atoms with E-state index < -0.39 is 0 Å². The van der Waals surface area contributed by atoms with Crippen LogP contribution in [0.3, 0.4) is 0 Å². The molecule has 0 bridgehead atoms. The molecule has 1 heterocycles. The van der Waals surface area contributed by atoms with E-state index in [1.165, 1.54) is 9.13 Å². The van der Waals surface area contributed by atoms with Crippen LogP contribution in [0.2, 0.25) is 0 Å². The van der Waals surface area contributed by atoms with Gasteiger partial charge in [0.25, 0.3) is 0 Å². The molecular formula is C24H21IN2O. The van der Waals surface area contributed by atoms with Crippen LogP contribution in [-0.4, -0.2) is 11.2 Å². The second-order valence-electron chi connectivity index (χ2n) is 7.81. The molecule has 0 fully saturated rings. The maximum absolute atomic E-state index is 5.95. The van der Waals surface area contributed by atoms with E-state index in [0.29, 0.717) is 5.89 Å². The van der Waals surface area contributed by atoms with Crippen LogP contribution in [0, 0.1) is 3.57 Å². The Morgan fingerprint density at radius 3 is 2.46 bits per heavy atom. The zero-order valence-corrected chi connectivity index (χ0v) is 18.3. The highest BCUT2D eigenvalue weighted by atomic mass is 127. The van der Waals surface area contributed by atoms with Crippen molar-refractivity contribution in [3.05, 3.63) is 81.4 Å². The molecule has 4 rings (SSSR count). The molecule has 4 heteroatoms. The third-order valence-electron chi connectivity index (χ3n) is 4.58. The number of benzene rings is 3. The van der Waals surface area contributed by atoms with Crippen LogP contribution in [0.1, 0.15) is 31.9 Å². The fourth-order valence-corrected chi connectivity index (χ4v) is 3.54. The Kier molecular flexibility index (Phi) is 5.06. The molecule has 0 spiro atoms. The van der Waals surface area contributed by atoms with E-state index in [4.69, 9.17) is 4.42 Å². The highest BCUT2D eigenvalue weighted by molar-refractivity contribution is 14.1. The minimum atomic E-state index is 0.129. The van der Waals surface area contributed by atoms with Crippen molar-refractivity contribution in [2.24, 2.45) is 4.99 Å². The summed E-state index contributed by atoms with van der Waals surface area (Å²) >= 11 is 2.30. The predicted molar refractivity (Wildman–Crippen MR) is 125 cm³/mol. The number of fused-ring (bicyclic) bond motifs is 1. The van der Waals surface area contributed by atoms with Crippen LogP contribution in [0.4, 0.5) is 5.69 Å². The largest absolute Gasteiger partial charge is 0.436 e. The molecular weight excluding hydrogens is 459 g/mol. The van der Waals surface area contributed by atoms with Gasteiger partial charge in [-0.05, 0) is 81.6 Å². The molecule has 140 valence electrons. The van der Waals surface area contributed by atoms with Crippen LogP contribution >= 0.6 is 22.6 Å². The summed E-state index contributed by atoms with van der Waals surface area (Å²) in [7, 11) is 0. The van der Waals surface area contributed by atoms with Crippen molar-refractivity contribution in [2.45, 2.75) is 26.2 Å². The second-order valence-corrected chi connectivity index (χ2v) is 9.06. The smallest absolute Gasteiger partial charge is 0.227 e. The Bertz CT molecular complexity index is 1150. The molecule has 0 amide bonds.